The van der Waals surface area contributed by atoms with Crippen molar-refractivity contribution in [3.63, 3.8) is 0 Å². The van der Waals surface area contributed by atoms with Crippen LogP contribution in [0.25, 0.3) is 0 Å². The Hall–Kier alpha value is -1.51. The lowest BCUT2D eigenvalue weighted by Gasteiger charge is -2.24. The van der Waals surface area contributed by atoms with Crippen molar-refractivity contribution in [1.29, 1.82) is 0 Å². The molecule has 88 valence electrons. The number of nitrogens with one attached hydrogen (secondary N) is 1. The monoisotopic (exact) mass is 221 g/mol. The molecular weight excluding hydrogens is 202 g/mol. The average molecular weight is 221 g/mol. The molecule has 0 bridgehead atoms. The molecule has 2 N–H and O–H groups in total. The van der Waals surface area contributed by atoms with Crippen LogP contribution in [-0.2, 0) is 0 Å². The highest BCUT2D eigenvalue weighted by Crippen LogP contribution is 2.18. The molecule has 0 aromatic heterocycles. The summed E-state index contributed by atoms with van der Waals surface area (Å²) in [6.07, 6.45) is 0.858. The van der Waals surface area contributed by atoms with E-state index in [-0.39, 0.29) is 17.2 Å². The van der Waals surface area contributed by atoms with E-state index in [1.165, 1.54) is 6.07 Å². The van der Waals surface area contributed by atoms with Gasteiger partial charge in [0.15, 0.2) is 0 Å². The van der Waals surface area contributed by atoms with Gasteiger partial charge in [0, 0.05) is 11.1 Å². The molecule has 0 aliphatic rings. The molecular formula is C13H19NO2. The maximum absolute atomic E-state index is 11.9. The third-order valence-electron chi connectivity index (χ3n) is 2.81. The van der Waals surface area contributed by atoms with E-state index in [9.17, 15) is 9.90 Å². The molecule has 0 fully saturated rings. The third kappa shape index (κ3) is 2.99. The molecule has 0 saturated carbocycles. The summed E-state index contributed by atoms with van der Waals surface area (Å²) in [6.45, 7) is 7.76. The van der Waals surface area contributed by atoms with Gasteiger partial charge in [-0.1, -0.05) is 13.0 Å². The largest absolute Gasteiger partial charge is 0.508 e. The first-order valence-corrected chi connectivity index (χ1v) is 5.48. The lowest BCUT2D eigenvalue weighted by molar-refractivity contribution is 0.0911. The number of hydrogen-bond acceptors (Lipinski definition) is 2. The summed E-state index contributed by atoms with van der Waals surface area (Å²) in [5.41, 5.74) is 1.04. The fraction of sp³-hybridized carbons (Fsp3) is 0.462. The van der Waals surface area contributed by atoms with Gasteiger partial charge >= 0.3 is 0 Å². The normalized spacial score (nSPS) is 11.2. The van der Waals surface area contributed by atoms with E-state index < -0.39 is 0 Å². The van der Waals surface area contributed by atoms with E-state index in [0.29, 0.717) is 5.56 Å². The van der Waals surface area contributed by atoms with Crippen LogP contribution < -0.4 is 5.32 Å². The van der Waals surface area contributed by atoms with Crippen molar-refractivity contribution >= 4 is 5.91 Å². The van der Waals surface area contributed by atoms with Crippen LogP contribution in [0.3, 0.4) is 0 Å². The number of carbonyl (C=O) groups excluding carboxylic acids is 1. The van der Waals surface area contributed by atoms with Crippen LogP contribution in [0.4, 0.5) is 0 Å². The standard InChI is InChI=1S/C13H19NO2/c1-5-13(3,4)14-12(16)10-7-6-9(2)11(15)8-10/h6-8,15H,5H2,1-4H3,(H,14,16). The highest BCUT2D eigenvalue weighted by Gasteiger charge is 2.19. The molecule has 3 nitrogen and oxygen atoms in total. The van der Waals surface area contributed by atoms with E-state index in [2.05, 4.69) is 5.32 Å². The van der Waals surface area contributed by atoms with E-state index >= 15 is 0 Å². The van der Waals surface area contributed by atoms with Crippen LogP contribution in [0.5, 0.6) is 5.75 Å². The molecule has 0 atom stereocenters. The van der Waals surface area contributed by atoms with Crippen LogP contribution in [0.2, 0.25) is 0 Å². The minimum atomic E-state index is -0.225. The summed E-state index contributed by atoms with van der Waals surface area (Å²) in [7, 11) is 0. The zero-order valence-corrected chi connectivity index (χ0v) is 10.3. The second-order valence-electron chi connectivity index (χ2n) is 4.69. The maximum Gasteiger partial charge on any atom is 0.251 e. The predicted octanol–water partition coefficient (Wildman–Crippen LogP) is 2.62. The Balaban J connectivity index is 2.85. The van der Waals surface area contributed by atoms with Crippen molar-refractivity contribution in [3.8, 4) is 5.75 Å². The zero-order valence-electron chi connectivity index (χ0n) is 10.3. The molecule has 0 heterocycles. The third-order valence-corrected chi connectivity index (χ3v) is 2.81. The van der Waals surface area contributed by atoms with Crippen LogP contribution in [0.15, 0.2) is 18.2 Å². The molecule has 0 aliphatic carbocycles. The van der Waals surface area contributed by atoms with Gasteiger partial charge in [0.25, 0.3) is 5.91 Å². The van der Waals surface area contributed by atoms with Crippen molar-refractivity contribution in [2.75, 3.05) is 0 Å². The lowest BCUT2D eigenvalue weighted by Crippen LogP contribution is -2.42. The number of benzene rings is 1. The number of aromatic hydroxyl groups is 1. The summed E-state index contributed by atoms with van der Waals surface area (Å²) >= 11 is 0. The van der Waals surface area contributed by atoms with Gasteiger partial charge in [-0.05, 0) is 44.9 Å². The zero-order chi connectivity index (χ0) is 12.3. The van der Waals surface area contributed by atoms with Crippen molar-refractivity contribution in [1.82, 2.24) is 5.32 Å². The molecule has 0 unspecified atom stereocenters. The number of aryl methyl sites for hydroxylation is 1. The van der Waals surface area contributed by atoms with Gasteiger partial charge in [-0.25, -0.2) is 0 Å². The second kappa shape index (κ2) is 4.56. The van der Waals surface area contributed by atoms with Crippen molar-refractivity contribution in [2.45, 2.75) is 39.7 Å². The smallest absolute Gasteiger partial charge is 0.251 e. The summed E-state index contributed by atoms with van der Waals surface area (Å²) < 4.78 is 0. The Morgan fingerprint density at radius 1 is 1.44 bits per heavy atom. The van der Waals surface area contributed by atoms with Gasteiger partial charge < -0.3 is 10.4 Å². The number of carbonyl (C=O) groups is 1. The summed E-state index contributed by atoms with van der Waals surface area (Å²) in [5.74, 6) is 0.00380. The Kier molecular flexibility index (Phi) is 3.58. The van der Waals surface area contributed by atoms with E-state index in [4.69, 9.17) is 0 Å². The van der Waals surface area contributed by atoms with Crippen LogP contribution >= 0.6 is 0 Å². The summed E-state index contributed by atoms with van der Waals surface area (Å²) in [4.78, 5) is 11.9. The molecule has 1 aromatic carbocycles. The van der Waals surface area contributed by atoms with E-state index in [0.717, 1.165) is 12.0 Å². The quantitative estimate of drug-likeness (QED) is 0.824. The first-order valence-electron chi connectivity index (χ1n) is 5.48. The highest BCUT2D eigenvalue weighted by molar-refractivity contribution is 5.95. The SMILES string of the molecule is CCC(C)(C)NC(=O)c1ccc(C)c(O)c1. The van der Waals surface area contributed by atoms with Gasteiger partial charge in [0.05, 0.1) is 0 Å². The van der Waals surface area contributed by atoms with Gasteiger partial charge in [-0.2, -0.15) is 0 Å². The minimum absolute atomic E-state index is 0.151. The summed E-state index contributed by atoms with van der Waals surface area (Å²) in [6, 6.07) is 4.95. The number of phenolic OH excluding ortho intramolecular Hbond substituents is 1. The summed E-state index contributed by atoms with van der Waals surface area (Å²) in [5, 5.41) is 12.4. The van der Waals surface area contributed by atoms with Crippen LogP contribution in [-0.4, -0.2) is 16.6 Å². The fourth-order valence-corrected chi connectivity index (χ4v) is 1.22. The molecule has 16 heavy (non-hydrogen) atoms. The topological polar surface area (TPSA) is 49.3 Å². The van der Waals surface area contributed by atoms with Gasteiger partial charge in [0.2, 0.25) is 0 Å². The Labute approximate surface area is 96.5 Å². The molecule has 0 saturated heterocycles. The lowest BCUT2D eigenvalue weighted by atomic mass is 10.0. The van der Waals surface area contributed by atoms with Crippen LogP contribution in [0, 0.1) is 6.92 Å². The average Bonchev–Trinajstić information content (AvgIpc) is 2.21. The molecule has 1 amide bonds. The van der Waals surface area contributed by atoms with Gasteiger partial charge in [-0.3, -0.25) is 4.79 Å². The molecule has 0 spiro atoms. The van der Waals surface area contributed by atoms with Crippen molar-refractivity contribution < 1.29 is 9.90 Å². The number of hydrogen-bond donors (Lipinski definition) is 2. The van der Waals surface area contributed by atoms with E-state index in [1.54, 1.807) is 19.1 Å². The molecule has 3 heteroatoms. The Morgan fingerprint density at radius 3 is 2.56 bits per heavy atom. The Bertz CT molecular complexity index is 397. The Morgan fingerprint density at radius 2 is 2.06 bits per heavy atom. The van der Waals surface area contributed by atoms with Gasteiger partial charge in [0.1, 0.15) is 5.75 Å². The second-order valence-corrected chi connectivity index (χ2v) is 4.69. The van der Waals surface area contributed by atoms with Crippen LogP contribution in [0.1, 0.15) is 43.1 Å². The first kappa shape index (κ1) is 12.6. The van der Waals surface area contributed by atoms with Crippen molar-refractivity contribution in [3.05, 3.63) is 29.3 Å². The number of phenols is 1. The minimum Gasteiger partial charge on any atom is -0.508 e. The highest BCUT2D eigenvalue weighted by atomic mass is 16.3. The van der Waals surface area contributed by atoms with Gasteiger partial charge in [-0.15, -0.1) is 0 Å². The fourth-order valence-electron chi connectivity index (χ4n) is 1.22. The molecule has 0 aliphatic heterocycles. The first-order chi connectivity index (χ1) is 7.35. The molecule has 1 rings (SSSR count). The maximum atomic E-state index is 11.9. The van der Waals surface area contributed by atoms with Crippen molar-refractivity contribution in [2.24, 2.45) is 0 Å². The number of rotatable bonds is 3. The number of amides is 1. The molecule has 0 radical (unpaired) electrons. The van der Waals surface area contributed by atoms with E-state index in [1.807, 2.05) is 20.8 Å². The molecule has 1 aromatic rings. The predicted molar refractivity (Wildman–Crippen MR) is 64.7 cm³/mol.